The highest BCUT2D eigenvalue weighted by Gasteiger charge is 2.21. The first kappa shape index (κ1) is 11.2. The quantitative estimate of drug-likeness (QED) is 0.840. The van der Waals surface area contributed by atoms with Crippen molar-refractivity contribution in [3.8, 4) is 0 Å². The van der Waals surface area contributed by atoms with Gasteiger partial charge in [0.15, 0.2) is 0 Å². The molecule has 5 nitrogen and oxygen atoms in total. The van der Waals surface area contributed by atoms with Crippen LogP contribution in [0.1, 0.15) is 5.69 Å². The first-order valence-corrected chi connectivity index (χ1v) is 5.86. The van der Waals surface area contributed by atoms with Crippen molar-refractivity contribution in [2.45, 2.75) is 12.6 Å². The molecule has 1 aliphatic heterocycles. The number of morpholine rings is 1. The summed E-state index contributed by atoms with van der Waals surface area (Å²) in [7, 11) is 0. The van der Waals surface area contributed by atoms with E-state index in [2.05, 4.69) is 14.5 Å². The van der Waals surface area contributed by atoms with Gasteiger partial charge in [-0.2, -0.15) is 0 Å². The molecule has 1 unspecified atom stereocenters. The van der Waals surface area contributed by atoms with Crippen molar-refractivity contribution in [1.29, 1.82) is 0 Å². The Morgan fingerprint density at radius 2 is 2.53 bits per heavy atom. The van der Waals surface area contributed by atoms with Crippen LogP contribution in [-0.4, -0.2) is 52.0 Å². The van der Waals surface area contributed by atoms with Crippen LogP contribution in [0.4, 0.5) is 0 Å². The Balaban J connectivity index is 1.92. The average Bonchev–Trinajstić information content (AvgIpc) is 2.65. The van der Waals surface area contributed by atoms with Crippen LogP contribution in [0.2, 0.25) is 4.34 Å². The SMILES string of the molecule is OCC1CN(Cc2nnsc2Cl)CCO1. The van der Waals surface area contributed by atoms with Crippen molar-refractivity contribution in [2.24, 2.45) is 0 Å². The standard InChI is InChI=1S/C8H12ClN3O2S/c9-8-7(10-11-15-8)4-12-1-2-14-6(3-12)5-13/h6,13H,1-5H2. The lowest BCUT2D eigenvalue weighted by Crippen LogP contribution is -2.43. The third-order valence-corrected chi connectivity index (χ3v) is 3.29. The van der Waals surface area contributed by atoms with Crippen molar-refractivity contribution >= 4 is 23.1 Å². The van der Waals surface area contributed by atoms with E-state index in [-0.39, 0.29) is 12.7 Å². The molecule has 1 atom stereocenters. The highest BCUT2D eigenvalue weighted by atomic mass is 35.5. The largest absolute Gasteiger partial charge is 0.394 e. The van der Waals surface area contributed by atoms with E-state index < -0.39 is 0 Å². The Labute approximate surface area is 96.8 Å². The third-order valence-electron chi connectivity index (χ3n) is 2.31. The summed E-state index contributed by atoms with van der Waals surface area (Å²) in [4.78, 5) is 2.16. The van der Waals surface area contributed by atoms with Gasteiger partial charge in [-0.15, -0.1) is 5.10 Å². The van der Waals surface area contributed by atoms with Gasteiger partial charge in [-0.05, 0) is 0 Å². The minimum Gasteiger partial charge on any atom is -0.394 e. The number of aliphatic hydroxyl groups excluding tert-OH is 1. The predicted octanol–water partition coefficient (Wildman–Crippen LogP) is 0.385. The molecule has 1 N–H and O–H groups in total. The number of aromatic nitrogens is 2. The summed E-state index contributed by atoms with van der Waals surface area (Å²) >= 11 is 7.11. The number of hydrogen-bond acceptors (Lipinski definition) is 6. The zero-order valence-electron chi connectivity index (χ0n) is 8.10. The molecule has 1 fully saturated rings. The molecule has 7 heteroatoms. The maximum atomic E-state index is 8.99. The molecule has 15 heavy (non-hydrogen) atoms. The summed E-state index contributed by atoms with van der Waals surface area (Å²) in [6.07, 6.45) is -0.0934. The smallest absolute Gasteiger partial charge is 0.138 e. The Hall–Kier alpha value is -0.270. The molecule has 1 saturated heterocycles. The second-order valence-corrected chi connectivity index (χ2v) is 4.76. The fraction of sp³-hybridized carbons (Fsp3) is 0.750. The summed E-state index contributed by atoms with van der Waals surface area (Å²) in [5, 5.41) is 12.9. The van der Waals surface area contributed by atoms with E-state index in [1.807, 2.05) is 0 Å². The number of rotatable bonds is 3. The van der Waals surface area contributed by atoms with Crippen LogP contribution in [0.15, 0.2) is 0 Å². The second kappa shape index (κ2) is 5.18. The van der Waals surface area contributed by atoms with E-state index in [9.17, 15) is 0 Å². The summed E-state index contributed by atoms with van der Waals surface area (Å²) in [5.41, 5.74) is 0.806. The lowest BCUT2D eigenvalue weighted by molar-refractivity contribution is -0.0553. The molecule has 0 aliphatic carbocycles. The van der Waals surface area contributed by atoms with Gasteiger partial charge in [-0.3, -0.25) is 4.90 Å². The Bertz CT molecular complexity index is 323. The van der Waals surface area contributed by atoms with Gasteiger partial charge in [0.25, 0.3) is 0 Å². The van der Waals surface area contributed by atoms with E-state index in [0.717, 1.165) is 12.2 Å². The van der Waals surface area contributed by atoms with E-state index >= 15 is 0 Å². The number of hydrogen-bond donors (Lipinski definition) is 1. The lowest BCUT2D eigenvalue weighted by Gasteiger charge is -2.31. The zero-order chi connectivity index (χ0) is 10.7. The van der Waals surface area contributed by atoms with Crippen LogP contribution >= 0.6 is 23.1 Å². The molecule has 0 spiro atoms. The van der Waals surface area contributed by atoms with Gasteiger partial charge in [0.2, 0.25) is 0 Å². The number of halogens is 1. The number of nitrogens with zero attached hydrogens (tertiary/aromatic N) is 3. The van der Waals surface area contributed by atoms with Crippen molar-refractivity contribution in [3.05, 3.63) is 10.0 Å². The van der Waals surface area contributed by atoms with E-state index in [0.29, 0.717) is 24.0 Å². The Morgan fingerprint density at radius 1 is 1.67 bits per heavy atom. The van der Waals surface area contributed by atoms with E-state index in [1.165, 1.54) is 11.5 Å². The number of ether oxygens (including phenoxy) is 1. The molecule has 2 rings (SSSR count). The fourth-order valence-corrected chi connectivity index (χ4v) is 2.15. The van der Waals surface area contributed by atoms with Crippen molar-refractivity contribution in [3.63, 3.8) is 0 Å². The minimum atomic E-state index is -0.0934. The minimum absolute atomic E-state index is 0.0551. The zero-order valence-corrected chi connectivity index (χ0v) is 9.67. The monoisotopic (exact) mass is 249 g/mol. The first-order chi connectivity index (χ1) is 7.29. The fourth-order valence-electron chi connectivity index (χ4n) is 1.54. The molecular weight excluding hydrogens is 238 g/mol. The van der Waals surface area contributed by atoms with Gasteiger partial charge >= 0.3 is 0 Å². The second-order valence-electron chi connectivity index (χ2n) is 3.40. The van der Waals surface area contributed by atoms with Gasteiger partial charge in [0.05, 0.1) is 19.3 Å². The van der Waals surface area contributed by atoms with Gasteiger partial charge in [0, 0.05) is 31.2 Å². The van der Waals surface area contributed by atoms with Gasteiger partial charge < -0.3 is 9.84 Å². The van der Waals surface area contributed by atoms with Crippen molar-refractivity contribution in [1.82, 2.24) is 14.5 Å². The molecule has 0 radical (unpaired) electrons. The van der Waals surface area contributed by atoms with Gasteiger partial charge in [0.1, 0.15) is 10.0 Å². The summed E-state index contributed by atoms with van der Waals surface area (Å²) in [6, 6.07) is 0. The molecule has 84 valence electrons. The Kier molecular flexibility index (Phi) is 3.87. The van der Waals surface area contributed by atoms with Crippen LogP contribution in [0.3, 0.4) is 0 Å². The molecule has 0 saturated carbocycles. The Morgan fingerprint density at radius 3 is 3.20 bits per heavy atom. The van der Waals surface area contributed by atoms with Crippen LogP contribution in [-0.2, 0) is 11.3 Å². The lowest BCUT2D eigenvalue weighted by atomic mass is 10.2. The topological polar surface area (TPSA) is 58.5 Å². The molecule has 1 aliphatic rings. The van der Waals surface area contributed by atoms with Crippen LogP contribution < -0.4 is 0 Å². The van der Waals surface area contributed by atoms with Gasteiger partial charge in [-0.25, -0.2) is 0 Å². The van der Waals surface area contributed by atoms with Crippen molar-refractivity contribution in [2.75, 3.05) is 26.3 Å². The van der Waals surface area contributed by atoms with Crippen molar-refractivity contribution < 1.29 is 9.84 Å². The van der Waals surface area contributed by atoms with Crippen LogP contribution in [0, 0.1) is 0 Å². The summed E-state index contributed by atoms with van der Waals surface area (Å²) in [5.74, 6) is 0. The molecule has 2 heterocycles. The normalized spacial score (nSPS) is 23.2. The molecule has 0 aromatic carbocycles. The highest BCUT2D eigenvalue weighted by Crippen LogP contribution is 2.19. The first-order valence-electron chi connectivity index (χ1n) is 4.71. The van der Waals surface area contributed by atoms with E-state index in [4.69, 9.17) is 21.4 Å². The molecule has 0 amide bonds. The van der Waals surface area contributed by atoms with E-state index in [1.54, 1.807) is 0 Å². The molecule has 1 aromatic heterocycles. The molecular formula is C8H12ClN3O2S. The summed E-state index contributed by atoms with van der Waals surface area (Å²) < 4.78 is 9.77. The number of aliphatic hydroxyl groups is 1. The third kappa shape index (κ3) is 2.85. The van der Waals surface area contributed by atoms with Gasteiger partial charge in [-0.1, -0.05) is 16.1 Å². The molecule has 1 aromatic rings. The van der Waals surface area contributed by atoms with Crippen LogP contribution in [0.25, 0.3) is 0 Å². The average molecular weight is 250 g/mol. The summed E-state index contributed by atoms with van der Waals surface area (Å²) in [6.45, 7) is 2.92. The molecule has 0 bridgehead atoms. The highest BCUT2D eigenvalue weighted by molar-refractivity contribution is 7.10. The van der Waals surface area contributed by atoms with Crippen LogP contribution in [0.5, 0.6) is 0 Å². The predicted molar refractivity (Wildman–Crippen MR) is 57.0 cm³/mol. The maximum Gasteiger partial charge on any atom is 0.138 e. The maximum absolute atomic E-state index is 8.99.